The van der Waals surface area contributed by atoms with Crippen molar-refractivity contribution in [1.82, 2.24) is 9.78 Å². The summed E-state index contributed by atoms with van der Waals surface area (Å²) in [5, 5.41) is 4.60. The molecule has 1 aromatic carbocycles. The number of rotatable bonds is 5. The van der Waals surface area contributed by atoms with E-state index in [0.29, 0.717) is 12.5 Å². The molecule has 0 fully saturated rings. The van der Waals surface area contributed by atoms with Gasteiger partial charge in [-0.15, -0.1) is 0 Å². The van der Waals surface area contributed by atoms with Gasteiger partial charge in [0.15, 0.2) is 0 Å². The van der Waals surface area contributed by atoms with Crippen LogP contribution in [0.4, 0.5) is 0 Å². The lowest BCUT2D eigenvalue weighted by Gasteiger charge is -2.05. The molecule has 2 rings (SSSR count). The van der Waals surface area contributed by atoms with E-state index in [2.05, 4.69) is 56.2 Å². The minimum Gasteiger partial charge on any atom is -0.325 e. The van der Waals surface area contributed by atoms with Crippen molar-refractivity contribution in [2.75, 3.05) is 0 Å². The normalized spacial score (nSPS) is 11.2. The molecule has 19 heavy (non-hydrogen) atoms. The van der Waals surface area contributed by atoms with Crippen molar-refractivity contribution in [3.05, 3.63) is 41.6 Å². The van der Waals surface area contributed by atoms with Crippen molar-refractivity contribution in [3.8, 4) is 11.3 Å². The van der Waals surface area contributed by atoms with Crippen LogP contribution in [0.25, 0.3) is 11.3 Å². The van der Waals surface area contributed by atoms with E-state index in [1.54, 1.807) is 0 Å². The van der Waals surface area contributed by atoms with Crippen molar-refractivity contribution in [3.63, 3.8) is 0 Å². The number of benzene rings is 1. The van der Waals surface area contributed by atoms with Gasteiger partial charge in [0.05, 0.1) is 11.4 Å². The SMILES string of the molecule is CCn1nc(-c2ccc(CC(C)C)cc2)cc1CN. The molecule has 3 heteroatoms. The molecule has 0 amide bonds. The minimum atomic E-state index is 0.534. The molecule has 0 saturated carbocycles. The number of aryl methyl sites for hydroxylation is 1. The molecule has 0 aliphatic carbocycles. The monoisotopic (exact) mass is 257 g/mol. The number of nitrogens with two attached hydrogens (primary N) is 1. The average molecular weight is 257 g/mol. The van der Waals surface area contributed by atoms with Crippen LogP contribution in [0.5, 0.6) is 0 Å². The Hall–Kier alpha value is -1.61. The molecular weight excluding hydrogens is 234 g/mol. The van der Waals surface area contributed by atoms with Crippen molar-refractivity contribution in [2.24, 2.45) is 11.7 Å². The van der Waals surface area contributed by atoms with Crippen molar-refractivity contribution in [1.29, 1.82) is 0 Å². The van der Waals surface area contributed by atoms with Crippen LogP contribution in [-0.4, -0.2) is 9.78 Å². The molecule has 102 valence electrons. The molecule has 3 nitrogen and oxygen atoms in total. The fourth-order valence-electron chi connectivity index (χ4n) is 2.32. The Balaban J connectivity index is 2.24. The molecule has 1 heterocycles. The van der Waals surface area contributed by atoms with E-state index >= 15 is 0 Å². The second-order valence-electron chi connectivity index (χ2n) is 5.34. The van der Waals surface area contributed by atoms with Gasteiger partial charge in [-0.1, -0.05) is 38.1 Å². The van der Waals surface area contributed by atoms with E-state index in [1.165, 1.54) is 5.56 Å². The Morgan fingerprint density at radius 2 is 1.89 bits per heavy atom. The molecule has 0 bridgehead atoms. The topological polar surface area (TPSA) is 43.8 Å². The fourth-order valence-corrected chi connectivity index (χ4v) is 2.32. The Kier molecular flexibility index (Phi) is 4.38. The van der Waals surface area contributed by atoms with E-state index in [1.807, 2.05) is 4.68 Å². The maximum atomic E-state index is 5.74. The number of hydrogen-bond donors (Lipinski definition) is 1. The van der Waals surface area contributed by atoms with Gasteiger partial charge in [-0.05, 0) is 30.9 Å². The lowest BCUT2D eigenvalue weighted by atomic mass is 10.0. The maximum Gasteiger partial charge on any atom is 0.0926 e. The highest BCUT2D eigenvalue weighted by Gasteiger charge is 2.07. The third kappa shape index (κ3) is 3.24. The third-order valence-electron chi connectivity index (χ3n) is 3.27. The molecule has 0 unspecified atom stereocenters. The summed E-state index contributed by atoms with van der Waals surface area (Å²) in [4.78, 5) is 0. The van der Waals surface area contributed by atoms with Crippen LogP contribution in [0, 0.1) is 5.92 Å². The fraction of sp³-hybridized carbons (Fsp3) is 0.438. The van der Waals surface area contributed by atoms with Crippen molar-refractivity contribution < 1.29 is 0 Å². The molecule has 0 radical (unpaired) electrons. The first-order valence-electron chi connectivity index (χ1n) is 7.00. The summed E-state index contributed by atoms with van der Waals surface area (Å²) >= 11 is 0. The van der Waals surface area contributed by atoms with Gasteiger partial charge in [-0.3, -0.25) is 4.68 Å². The summed E-state index contributed by atoms with van der Waals surface area (Å²) < 4.78 is 1.97. The standard InChI is InChI=1S/C16H23N3/c1-4-19-15(11-17)10-16(18-19)14-7-5-13(6-8-14)9-12(2)3/h5-8,10,12H,4,9,11,17H2,1-3H3. The predicted octanol–water partition coefficient (Wildman–Crippen LogP) is 3.23. The minimum absolute atomic E-state index is 0.534. The first-order valence-corrected chi connectivity index (χ1v) is 7.00. The lowest BCUT2D eigenvalue weighted by molar-refractivity contribution is 0.624. The first kappa shape index (κ1) is 13.8. The molecule has 0 spiro atoms. The summed E-state index contributed by atoms with van der Waals surface area (Å²) in [7, 11) is 0. The molecule has 2 aromatic rings. The summed E-state index contributed by atoms with van der Waals surface area (Å²) in [6, 6.07) is 10.8. The van der Waals surface area contributed by atoms with E-state index < -0.39 is 0 Å². The Morgan fingerprint density at radius 3 is 2.37 bits per heavy atom. The molecule has 0 aliphatic rings. The highest BCUT2D eigenvalue weighted by molar-refractivity contribution is 5.59. The number of hydrogen-bond acceptors (Lipinski definition) is 2. The van der Waals surface area contributed by atoms with Crippen LogP contribution < -0.4 is 5.73 Å². The summed E-state index contributed by atoms with van der Waals surface area (Å²) in [6.45, 7) is 7.96. The van der Waals surface area contributed by atoms with Crippen LogP contribution in [-0.2, 0) is 19.5 Å². The first-order chi connectivity index (χ1) is 9.13. The van der Waals surface area contributed by atoms with Gasteiger partial charge in [-0.2, -0.15) is 5.10 Å². The van der Waals surface area contributed by atoms with Gasteiger partial charge in [0.1, 0.15) is 0 Å². The molecule has 0 atom stereocenters. The second kappa shape index (κ2) is 6.02. The highest BCUT2D eigenvalue weighted by atomic mass is 15.3. The Bertz CT molecular complexity index is 502. The zero-order valence-electron chi connectivity index (χ0n) is 12.1. The molecule has 0 aliphatic heterocycles. The summed E-state index contributed by atoms with van der Waals surface area (Å²) in [5.74, 6) is 0.689. The van der Waals surface area contributed by atoms with Crippen molar-refractivity contribution >= 4 is 0 Å². The predicted molar refractivity (Wildman–Crippen MR) is 79.8 cm³/mol. The number of aromatic nitrogens is 2. The van der Waals surface area contributed by atoms with Gasteiger partial charge < -0.3 is 5.73 Å². The van der Waals surface area contributed by atoms with Crippen LogP contribution in [0.15, 0.2) is 30.3 Å². The molecule has 0 saturated heterocycles. The highest BCUT2D eigenvalue weighted by Crippen LogP contribution is 2.20. The summed E-state index contributed by atoms with van der Waals surface area (Å²) in [6.07, 6.45) is 1.12. The van der Waals surface area contributed by atoms with Crippen LogP contribution in [0.1, 0.15) is 32.0 Å². The average Bonchev–Trinajstić information content (AvgIpc) is 2.82. The zero-order valence-corrected chi connectivity index (χ0v) is 12.1. The van der Waals surface area contributed by atoms with Gasteiger partial charge >= 0.3 is 0 Å². The quantitative estimate of drug-likeness (QED) is 0.893. The van der Waals surface area contributed by atoms with Gasteiger partial charge in [0, 0.05) is 18.7 Å². The summed E-state index contributed by atoms with van der Waals surface area (Å²) in [5.41, 5.74) is 10.4. The molecular formula is C16H23N3. The molecule has 2 N–H and O–H groups in total. The number of nitrogens with zero attached hydrogens (tertiary/aromatic N) is 2. The Morgan fingerprint density at radius 1 is 1.21 bits per heavy atom. The lowest BCUT2D eigenvalue weighted by Crippen LogP contribution is -2.06. The maximum absolute atomic E-state index is 5.74. The largest absolute Gasteiger partial charge is 0.325 e. The Labute approximate surface area is 115 Å². The zero-order chi connectivity index (χ0) is 13.8. The van der Waals surface area contributed by atoms with Gasteiger partial charge in [0.25, 0.3) is 0 Å². The van der Waals surface area contributed by atoms with Crippen LogP contribution in [0.2, 0.25) is 0 Å². The van der Waals surface area contributed by atoms with E-state index in [-0.39, 0.29) is 0 Å². The van der Waals surface area contributed by atoms with E-state index in [0.717, 1.165) is 29.9 Å². The second-order valence-corrected chi connectivity index (χ2v) is 5.34. The van der Waals surface area contributed by atoms with E-state index in [4.69, 9.17) is 5.73 Å². The van der Waals surface area contributed by atoms with Gasteiger partial charge in [0.2, 0.25) is 0 Å². The third-order valence-corrected chi connectivity index (χ3v) is 3.27. The van der Waals surface area contributed by atoms with Crippen LogP contribution in [0.3, 0.4) is 0 Å². The smallest absolute Gasteiger partial charge is 0.0926 e. The van der Waals surface area contributed by atoms with Gasteiger partial charge in [-0.25, -0.2) is 0 Å². The van der Waals surface area contributed by atoms with Crippen molar-refractivity contribution in [2.45, 2.75) is 40.3 Å². The van der Waals surface area contributed by atoms with E-state index in [9.17, 15) is 0 Å². The molecule has 1 aromatic heterocycles. The van der Waals surface area contributed by atoms with Crippen LogP contribution >= 0.6 is 0 Å².